The second-order valence-electron chi connectivity index (χ2n) is 5.49. The van der Waals surface area contributed by atoms with Crippen molar-refractivity contribution in [2.45, 2.75) is 44.3 Å². The van der Waals surface area contributed by atoms with Crippen LogP contribution in [0.2, 0.25) is 0 Å². The number of esters is 1. The second kappa shape index (κ2) is 5.85. The molecule has 2 heterocycles. The van der Waals surface area contributed by atoms with E-state index >= 15 is 0 Å². The molecular weight excluding hydrogens is 304 g/mol. The van der Waals surface area contributed by atoms with Crippen molar-refractivity contribution < 1.29 is 24.2 Å². The molecule has 118 valence electrons. The summed E-state index contributed by atoms with van der Waals surface area (Å²) in [6.45, 7) is 1.84. The van der Waals surface area contributed by atoms with Gasteiger partial charge in [0.2, 0.25) is 0 Å². The summed E-state index contributed by atoms with van der Waals surface area (Å²) >= 11 is 1.51. The first kappa shape index (κ1) is 15.2. The van der Waals surface area contributed by atoms with Crippen LogP contribution in [0.5, 0.6) is 0 Å². The van der Waals surface area contributed by atoms with Crippen LogP contribution in [0.25, 0.3) is 0 Å². The Morgan fingerprint density at radius 3 is 3.05 bits per heavy atom. The molecule has 2 aliphatic rings. The molecule has 0 saturated heterocycles. The minimum absolute atomic E-state index is 0.0108. The van der Waals surface area contributed by atoms with Crippen LogP contribution in [0.4, 0.5) is 0 Å². The monoisotopic (exact) mass is 322 g/mol. The summed E-state index contributed by atoms with van der Waals surface area (Å²) in [7, 11) is 0. The summed E-state index contributed by atoms with van der Waals surface area (Å²) in [5.41, 5.74) is 0.614. The summed E-state index contributed by atoms with van der Waals surface area (Å²) < 4.78 is 10.5. The molecule has 1 unspecified atom stereocenters. The van der Waals surface area contributed by atoms with Gasteiger partial charge in [-0.3, -0.25) is 4.79 Å². The number of ketones is 1. The summed E-state index contributed by atoms with van der Waals surface area (Å²) in [5.74, 6) is -2.63. The van der Waals surface area contributed by atoms with Gasteiger partial charge in [0.1, 0.15) is 5.76 Å². The molecule has 0 amide bonds. The van der Waals surface area contributed by atoms with Crippen LogP contribution in [-0.2, 0) is 19.1 Å². The number of rotatable bonds is 3. The van der Waals surface area contributed by atoms with E-state index in [-0.39, 0.29) is 24.7 Å². The zero-order valence-electron chi connectivity index (χ0n) is 12.3. The summed E-state index contributed by atoms with van der Waals surface area (Å²) in [5, 5.41) is 12.5. The normalized spacial score (nSPS) is 28.1. The number of hydrogen-bond donors (Lipinski definition) is 1. The average molecular weight is 322 g/mol. The van der Waals surface area contributed by atoms with E-state index in [1.807, 2.05) is 17.5 Å². The van der Waals surface area contributed by atoms with Gasteiger partial charge in [0.15, 0.2) is 5.78 Å². The van der Waals surface area contributed by atoms with Gasteiger partial charge < -0.3 is 14.6 Å². The Morgan fingerprint density at radius 1 is 1.55 bits per heavy atom. The van der Waals surface area contributed by atoms with Crippen LogP contribution < -0.4 is 0 Å². The number of Topliss-reactive ketones (excluding diaryl/α,β-unsaturated/α-hetero) is 1. The molecule has 0 fully saturated rings. The van der Waals surface area contributed by atoms with E-state index in [1.165, 1.54) is 11.3 Å². The molecule has 0 saturated carbocycles. The predicted molar refractivity (Wildman–Crippen MR) is 80.2 cm³/mol. The average Bonchev–Trinajstić information content (AvgIpc) is 3.01. The molecule has 0 radical (unpaired) electrons. The molecule has 2 atom stereocenters. The highest BCUT2D eigenvalue weighted by atomic mass is 32.1. The van der Waals surface area contributed by atoms with Gasteiger partial charge in [-0.2, -0.15) is 0 Å². The van der Waals surface area contributed by atoms with Crippen molar-refractivity contribution in [1.82, 2.24) is 0 Å². The number of ether oxygens (including phenoxy) is 2. The van der Waals surface area contributed by atoms with E-state index in [1.54, 1.807) is 6.92 Å². The lowest BCUT2D eigenvalue weighted by molar-refractivity contribution is -0.224. The Labute approximate surface area is 132 Å². The zero-order valence-corrected chi connectivity index (χ0v) is 13.1. The summed E-state index contributed by atoms with van der Waals surface area (Å²) in [6, 6.07) is 3.81. The Morgan fingerprint density at radius 2 is 2.36 bits per heavy atom. The van der Waals surface area contributed by atoms with Gasteiger partial charge in [-0.15, -0.1) is 11.3 Å². The van der Waals surface area contributed by atoms with Crippen LogP contribution in [0.3, 0.4) is 0 Å². The van der Waals surface area contributed by atoms with Crippen molar-refractivity contribution in [1.29, 1.82) is 0 Å². The maximum atomic E-state index is 12.3. The van der Waals surface area contributed by atoms with Crippen LogP contribution in [0, 0.1) is 0 Å². The molecule has 1 aromatic heterocycles. The van der Waals surface area contributed by atoms with Crippen LogP contribution in [0.1, 0.15) is 43.4 Å². The number of carbonyl (C=O) groups is 2. The lowest BCUT2D eigenvalue weighted by Crippen LogP contribution is -2.48. The standard InChI is InChI=1S/C16H18O5S/c1-2-20-15(18)16(19)9-10(13-7-4-8-22-13)14-11(17)5-3-6-12(14)21-16/h4,7-8,10,19H,2-3,5-6,9H2,1H3/t10-,16?/m0/s1. The molecule has 1 aliphatic heterocycles. The lowest BCUT2D eigenvalue weighted by atomic mass is 9.80. The minimum atomic E-state index is -2.01. The third-order valence-electron chi connectivity index (χ3n) is 4.01. The lowest BCUT2D eigenvalue weighted by Gasteiger charge is -2.39. The number of allylic oxidation sites excluding steroid dienone is 2. The molecular formula is C16H18O5S. The Bertz CT molecular complexity index is 618. The Balaban J connectivity index is 2.02. The predicted octanol–water partition coefficient (Wildman–Crippen LogP) is 2.51. The van der Waals surface area contributed by atoms with E-state index < -0.39 is 11.8 Å². The van der Waals surface area contributed by atoms with Crippen molar-refractivity contribution in [3.8, 4) is 0 Å². The molecule has 0 spiro atoms. The van der Waals surface area contributed by atoms with E-state index in [0.717, 1.165) is 4.88 Å². The third kappa shape index (κ3) is 2.57. The molecule has 5 nitrogen and oxygen atoms in total. The fourth-order valence-electron chi connectivity index (χ4n) is 3.05. The highest BCUT2D eigenvalue weighted by molar-refractivity contribution is 7.10. The number of thiophene rings is 1. The molecule has 22 heavy (non-hydrogen) atoms. The fraction of sp³-hybridized carbons (Fsp3) is 0.500. The van der Waals surface area contributed by atoms with Gasteiger partial charge in [-0.1, -0.05) is 6.07 Å². The summed E-state index contributed by atoms with van der Waals surface area (Å²) in [4.78, 5) is 25.4. The Hall–Kier alpha value is -1.66. The molecule has 6 heteroatoms. The zero-order chi connectivity index (χ0) is 15.7. The van der Waals surface area contributed by atoms with Gasteiger partial charge in [0, 0.05) is 35.6 Å². The highest BCUT2D eigenvalue weighted by Gasteiger charge is 2.50. The van der Waals surface area contributed by atoms with E-state index in [9.17, 15) is 14.7 Å². The molecule has 1 N–H and O–H groups in total. The van der Waals surface area contributed by atoms with E-state index in [2.05, 4.69) is 0 Å². The van der Waals surface area contributed by atoms with Gasteiger partial charge in [-0.05, 0) is 24.8 Å². The molecule has 0 aromatic carbocycles. The van der Waals surface area contributed by atoms with Gasteiger partial charge >= 0.3 is 11.8 Å². The summed E-state index contributed by atoms with van der Waals surface area (Å²) in [6.07, 6.45) is 1.73. The first-order chi connectivity index (χ1) is 10.5. The van der Waals surface area contributed by atoms with Crippen molar-refractivity contribution in [3.05, 3.63) is 33.7 Å². The molecule has 3 rings (SSSR count). The van der Waals surface area contributed by atoms with Crippen molar-refractivity contribution in [2.24, 2.45) is 0 Å². The van der Waals surface area contributed by atoms with Crippen LogP contribution in [0.15, 0.2) is 28.8 Å². The number of hydrogen-bond acceptors (Lipinski definition) is 6. The first-order valence-corrected chi connectivity index (χ1v) is 8.31. The van der Waals surface area contributed by atoms with Gasteiger partial charge in [0.25, 0.3) is 0 Å². The largest absolute Gasteiger partial charge is 0.461 e. The topological polar surface area (TPSA) is 72.8 Å². The molecule has 0 bridgehead atoms. The van der Waals surface area contributed by atoms with Gasteiger partial charge in [0.05, 0.1) is 6.61 Å². The molecule has 1 aliphatic carbocycles. The SMILES string of the molecule is CCOC(=O)C1(O)C[C@@H](c2cccs2)C2=C(CCCC2=O)O1. The van der Waals surface area contributed by atoms with Crippen molar-refractivity contribution >= 4 is 23.1 Å². The van der Waals surface area contributed by atoms with Crippen LogP contribution >= 0.6 is 11.3 Å². The van der Waals surface area contributed by atoms with Crippen molar-refractivity contribution in [2.75, 3.05) is 6.61 Å². The molecule has 1 aromatic rings. The van der Waals surface area contributed by atoms with E-state index in [4.69, 9.17) is 9.47 Å². The van der Waals surface area contributed by atoms with Crippen LogP contribution in [-0.4, -0.2) is 29.3 Å². The Kier molecular flexibility index (Phi) is 4.06. The quantitative estimate of drug-likeness (QED) is 0.866. The maximum absolute atomic E-state index is 12.3. The second-order valence-corrected chi connectivity index (χ2v) is 6.47. The number of carbonyl (C=O) groups excluding carboxylic acids is 2. The third-order valence-corrected chi connectivity index (χ3v) is 5.00. The maximum Gasteiger partial charge on any atom is 0.379 e. The smallest absolute Gasteiger partial charge is 0.379 e. The minimum Gasteiger partial charge on any atom is -0.461 e. The van der Waals surface area contributed by atoms with Crippen molar-refractivity contribution in [3.63, 3.8) is 0 Å². The fourth-order valence-corrected chi connectivity index (χ4v) is 3.89. The number of aliphatic hydroxyl groups is 1. The first-order valence-electron chi connectivity index (χ1n) is 7.43. The van der Waals surface area contributed by atoms with E-state index in [0.29, 0.717) is 30.6 Å². The van der Waals surface area contributed by atoms with Gasteiger partial charge in [-0.25, -0.2) is 4.79 Å². The highest BCUT2D eigenvalue weighted by Crippen LogP contribution is 2.46.